The van der Waals surface area contributed by atoms with Gasteiger partial charge in [0.15, 0.2) is 0 Å². The van der Waals surface area contributed by atoms with Crippen molar-refractivity contribution < 1.29 is 0 Å². The number of benzene rings is 1. The van der Waals surface area contributed by atoms with Crippen molar-refractivity contribution >= 4 is 27.3 Å². The van der Waals surface area contributed by atoms with Gasteiger partial charge in [-0.3, -0.25) is 0 Å². The van der Waals surface area contributed by atoms with Crippen molar-refractivity contribution in [2.24, 2.45) is 0 Å². The highest BCUT2D eigenvalue weighted by Gasteiger charge is 2.09. The van der Waals surface area contributed by atoms with Crippen molar-refractivity contribution in [2.45, 2.75) is 32.2 Å². The zero-order valence-electron chi connectivity index (χ0n) is 11.2. The fourth-order valence-electron chi connectivity index (χ4n) is 2.22. The minimum Gasteiger partial charge on any atom is -0.310 e. The van der Waals surface area contributed by atoms with Crippen molar-refractivity contribution in [2.75, 3.05) is 6.54 Å². The maximum Gasteiger partial charge on any atom is 0.0701 e. The van der Waals surface area contributed by atoms with Crippen LogP contribution in [0.15, 0.2) is 46.3 Å². The summed E-state index contributed by atoms with van der Waals surface area (Å²) in [5, 5.41) is 3.69. The van der Waals surface area contributed by atoms with E-state index in [1.165, 1.54) is 27.1 Å². The van der Waals surface area contributed by atoms with Crippen LogP contribution in [0.5, 0.6) is 0 Å². The molecule has 0 radical (unpaired) electrons. The van der Waals surface area contributed by atoms with E-state index in [0.717, 1.165) is 13.0 Å². The van der Waals surface area contributed by atoms with Gasteiger partial charge in [0, 0.05) is 17.5 Å². The van der Waals surface area contributed by atoms with Crippen LogP contribution < -0.4 is 5.32 Å². The topological polar surface area (TPSA) is 12.0 Å². The molecule has 19 heavy (non-hydrogen) atoms. The lowest BCUT2D eigenvalue weighted by molar-refractivity contribution is 0.498. The molecule has 0 bridgehead atoms. The fraction of sp³-hybridized carbons (Fsp3) is 0.375. The molecule has 1 aromatic carbocycles. The zero-order chi connectivity index (χ0) is 13.5. The smallest absolute Gasteiger partial charge is 0.0701 e. The molecule has 2 aromatic rings. The third-order valence-corrected chi connectivity index (χ3v) is 4.85. The molecule has 2 rings (SSSR count). The predicted molar refractivity (Wildman–Crippen MR) is 87.8 cm³/mol. The van der Waals surface area contributed by atoms with Gasteiger partial charge in [0.05, 0.1) is 3.79 Å². The summed E-state index contributed by atoms with van der Waals surface area (Å²) in [5.41, 5.74) is 1.40. The van der Waals surface area contributed by atoms with Crippen molar-refractivity contribution in [1.29, 1.82) is 0 Å². The first-order valence-corrected chi connectivity index (χ1v) is 8.43. The first-order valence-electron chi connectivity index (χ1n) is 6.82. The molecule has 0 aliphatic carbocycles. The molecule has 1 unspecified atom stereocenters. The third kappa shape index (κ3) is 4.75. The maximum absolute atomic E-state index is 3.69. The molecule has 1 aromatic heterocycles. The largest absolute Gasteiger partial charge is 0.310 e. The highest BCUT2D eigenvalue weighted by molar-refractivity contribution is 9.11. The molecule has 1 N–H and O–H groups in total. The number of hydrogen-bond donors (Lipinski definition) is 1. The molecule has 1 heterocycles. The molecule has 0 aliphatic heterocycles. The van der Waals surface area contributed by atoms with E-state index >= 15 is 0 Å². The van der Waals surface area contributed by atoms with Crippen LogP contribution >= 0.6 is 27.3 Å². The number of rotatable bonds is 7. The molecule has 0 aliphatic rings. The standard InChI is InChI=1S/C16H20BrNS/c1-2-6-15(13-7-4-3-5-8-13)18-12-11-14-9-10-16(17)19-14/h3-5,7-10,15,18H,2,6,11-12H2,1H3. The Balaban J connectivity index is 1.87. The quantitative estimate of drug-likeness (QED) is 0.733. The van der Waals surface area contributed by atoms with Crippen molar-refractivity contribution in [3.8, 4) is 0 Å². The molecular formula is C16H20BrNS. The normalized spacial score (nSPS) is 12.5. The minimum atomic E-state index is 0.481. The molecule has 1 atom stereocenters. The van der Waals surface area contributed by atoms with Gasteiger partial charge in [-0.15, -0.1) is 11.3 Å². The van der Waals surface area contributed by atoms with Gasteiger partial charge >= 0.3 is 0 Å². The summed E-state index contributed by atoms with van der Waals surface area (Å²) in [7, 11) is 0. The van der Waals surface area contributed by atoms with Gasteiger partial charge in [0.2, 0.25) is 0 Å². The number of hydrogen-bond acceptors (Lipinski definition) is 2. The fourth-order valence-corrected chi connectivity index (χ4v) is 3.70. The first-order chi connectivity index (χ1) is 9.29. The Morgan fingerprint density at radius 1 is 1.16 bits per heavy atom. The van der Waals surface area contributed by atoms with E-state index in [1.54, 1.807) is 0 Å². The van der Waals surface area contributed by atoms with E-state index < -0.39 is 0 Å². The summed E-state index contributed by atoms with van der Waals surface area (Å²) in [4.78, 5) is 1.43. The van der Waals surface area contributed by atoms with Gasteiger partial charge < -0.3 is 5.32 Å². The molecule has 1 nitrogen and oxygen atoms in total. The summed E-state index contributed by atoms with van der Waals surface area (Å²) in [5.74, 6) is 0. The summed E-state index contributed by atoms with van der Waals surface area (Å²) >= 11 is 5.34. The summed E-state index contributed by atoms with van der Waals surface area (Å²) in [6, 6.07) is 15.6. The van der Waals surface area contributed by atoms with Gasteiger partial charge in [-0.25, -0.2) is 0 Å². The van der Waals surface area contributed by atoms with Gasteiger partial charge in [0.25, 0.3) is 0 Å². The number of thiophene rings is 1. The molecular weight excluding hydrogens is 318 g/mol. The van der Waals surface area contributed by atoms with Crippen LogP contribution in [-0.2, 0) is 6.42 Å². The van der Waals surface area contributed by atoms with Crippen LogP contribution in [0.4, 0.5) is 0 Å². The summed E-state index contributed by atoms with van der Waals surface area (Å²) in [6.07, 6.45) is 3.50. The van der Waals surface area contributed by atoms with Crippen LogP contribution in [-0.4, -0.2) is 6.54 Å². The minimum absolute atomic E-state index is 0.481. The average Bonchev–Trinajstić information content (AvgIpc) is 2.84. The Morgan fingerprint density at radius 2 is 1.95 bits per heavy atom. The Morgan fingerprint density at radius 3 is 2.58 bits per heavy atom. The zero-order valence-corrected chi connectivity index (χ0v) is 13.6. The molecule has 0 spiro atoms. The summed E-state index contributed by atoms with van der Waals surface area (Å²) < 4.78 is 1.22. The van der Waals surface area contributed by atoms with E-state index in [0.29, 0.717) is 6.04 Å². The lowest BCUT2D eigenvalue weighted by Crippen LogP contribution is -2.23. The molecule has 0 saturated carbocycles. The second kappa shape index (κ2) is 7.83. The molecule has 0 fully saturated rings. The Labute approximate surface area is 128 Å². The monoisotopic (exact) mass is 337 g/mol. The highest BCUT2D eigenvalue weighted by atomic mass is 79.9. The van der Waals surface area contributed by atoms with E-state index in [9.17, 15) is 0 Å². The number of halogens is 1. The van der Waals surface area contributed by atoms with E-state index in [2.05, 4.69) is 70.6 Å². The van der Waals surface area contributed by atoms with Crippen LogP contribution in [0.2, 0.25) is 0 Å². The van der Waals surface area contributed by atoms with Crippen molar-refractivity contribution in [3.05, 3.63) is 56.7 Å². The van der Waals surface area contributed by atoms with Crippen LogP contribution in [0.3, 0.4) is 0 Å². The summed E-state index contributed by atoms with van der Waals surface area (Å²) in [6.45, 7) is 3.28. The Bertz CT molecular complexity index is 481. The van der Waals surface area contributed by atoms with Crippen LogP contribution in [0.1, 0.15) is 36.2 Å². The highest BCUT2D eigenvalue weighted by Crippen LogP contribution is 2.23. The van der Waals surface area contributed by atoms with Gasteiger partial charge in [-0.1, -0.05) is 43.7 Å². The van der Waals surface area contributed by atoms with Crippen molar-refractivity contribution in [1.82, 2.24) is 5.32 Å². The molecule has 0 amide bonds. The van der Waals surface area contributed by atoms with Gasteiger partial charge in [-0.2, -0.15) is 0 Å². The SMILES string of the molecule is CCCC(NCCc1ccc(Br)s1)c1ccccc1. The van der Waals surface area contributed by atoms with Crippen molar-refractivity contribution in [3.63, 3.8) is 0 Å². The van der Waals surface area contributed by atoms with E-state index in [-0.39, 0.29) is 0 Å². The molecule has 3 heteroatoms. The predicted octanol–water partition coefficient (Wildman–Crippen LogP) is 5.18. The maximum atomic E-state index is 3.69. The van der Waals surface area contributed by atoms with E-state index in [4.69, 9.17) is 0 Å². The first kappa shape index (κ1) is 14.8. The van der Waals surface area contributed by atoms with Gasteiger partial charge in [0.1, 0.15) is 0 Å². The van der Waals surface area contributed by atoms with E-state index in [1.807, 2.05) is 11.3 Å². The second-order valence-electron chi connectivity index (χ2n) is 4.66. The molecule has 102 valence electrons. The van der Waals surface area contributed by atoms with Gasteiger partial charge in [-0.05, 0) is 46.5 Å². The third-order valence-electron chi connectivity index (χ3n) is 3.17. The Kier molecular flexibility index (Phi) is 6.08. The second-order valence-corrected chi connectivity index (χ2v) is 7.21. The van der Waals surface area contributed by atoms with Crippen LogP contribution in [0.25, 0.3) is 0 Å². The lowest BCUT2D eigenvalue weighted by atomic mass is 10.0. The Hall–Kier alpha value is -0.640. The lowest BCUT2D eigenvalue weighted by Gasteiger charge is -2.18. The molecule has 0 saturated heterocycles. The number of nitrogens with one attached hydrogen (secondary N) is 1. The average molecular weight is 338 g/mol. The van der Waals surface area contributed by atoms with Crippen LogP contribution in [0, 0.1) is 0 Å².